The number of esters is 2. The van der Waals surface area contributed by atoms with Gasteiger partial charge in [-0.2, -0.15) is 0 Å². The van der Waals surface area contributed by atoms with Gasteiger partial charge in [0.05, 0.1) is 18.2 Å². The van der Waals surface area contributed by atoms with E-state index < -0.39 is 18.0 Å². The third-order valence-electron chi connectivity index (χ3n) is 4.07. The molecule has 7 heteroatoms. The van der Waals surface area contributed by atoms with Gasteiger partial charge in [-0.05, 0) is 55.3 Å². The summed E-state index contributed by atoms with van der Waals surface area (Å²) in [5, 5.41) is 2.75. The van der Waals surface area contributed by atoms with Crippen molar-refractivity contribution in [1.29, 1.82) is 0 Å². The summed E-state index contributed by atoms with van der Waals surface area (Å²) in [5.74, 6) is -0.977. The molecule has 3 rings (SSSR count). The van der Waals surface area contributed by atoms with Crippen molar-refractivity contribution in [2.24, 2.45) is 0 Å². The lowest BCUT2D eigenvalue weighted by atomic mass is 10.2. The van der Waals surface area contributed by atoms with Crippen LogP contribution in [0.25, 0.3) is 0 Å². The molecule has 0 aromatic heterocycles. The zero-order valence-electron chi connectivity index (χ0n) is 14.8. The molecule has 1 aliphatic rings. The van der Waals surface area contributed by atoms with Gasteiger partial charge < -0.3 is 19.5 Å². The van der Waals surface area contributed by atoms with E-state index in [1.165, 1.54) is 37.4 Å². The maximum Gasteiger partial charge on any atom is 0.343 e. The zero-order valence-corrected chi connectivity index (χ0v) is 14.8. The van der Waals surface area contributed by atoms with Crippen LogP contribution in [0, 0.1) is 0 Å². The van der Waals surface area contributed by atoms with Crippen molar-refractivity contribution < 1.29 is 28.6 Å². The molecule has 0 spiro atoms. The molecule has 7 nitrogen and oxygen atoms in total. The highest BCUT2D eigenvalue weighted by Crippen LogP contribution is 2.18. The zero-order chi connectivity index (χ0) is 19.2. The lowest BCUT2D eigenvalue weighted by Gasteiger charge is -2.11. The Morgan fingerprint density at radius 1 is 1.04 bits per heavy atom. The van der Waals surface area contributed by atoms with Gasteiger partial charge in [-0.25, -0.2) is 9.59 Å². The van der Waals surface area contributed by atoms with E-state index in [2.05, 4.69) is 10.1 Å². The summed E-state index contributed by atoms with van der Waals surface area (Å²) in [6.45, 7) is 0.583. The van der Waals surface area contributed by atoms with Crippen LogP contribution in [0.4, 0.5) is 5.69 Å². The van der Waals surface area contributed by atoms with E-state index in [1.807, 2.05) is 0 Å². The monoisotopic (exact) mass is 369 g/mol. The topological polar surface area (TPSA) is 90.9 Å². The van der Waals surface area contributed by atoms with Crippen LogP contribution in [0.3, 0.4) is 0 Å². The minimum Gasteiger partial charge on any atom is -0.465 e. The number of ether oxygens (including phenoxy) is 3. The molecule has 2 aromatic rings. The summed E-state index contributed by atoms with van der Waals surface area (Å²) in [6.07, 6.45) is 1.10. The van der Waals surface area contributed by atoms with Gasteiger partial charge in [0.1, 0.15) is 11.9 Å². The third kappa shape index (κ3) is 4.71. The fourth-order valence-corrected chi connectivity index (χ4v) is 2.67. The average molecular weight is 369 g/mol. The van der Waals surface area contributed by atoms with Crippen LogP contribution in [0.1, 0.15) is 33.6 Å². The van der Waals surface area contributed by atoms with Crippen molar-refractivity contribution in [3.8, 4) is 5.75 Å². The van der Waals surface area contributed by atoms with Crippen LogP contribution in [-0.2, 0) is 14.3 Å². The second-order valence-electron chi connectivity index (χ2n) is 5.98. The number of hydrogen-bond acceptors (Lipinski definition) is 6. The predicted molar refractivity (Wildman–Crippen MR) is 96.8 cm³/mol. The molecule has 27 heavy (non-hydrogen) atoms. The van der Waals surface area contributed by atoms with Crippen LogP contribution in [-0.4, -0.2) is 37.7 Å². The summed E-state index contributed by atoms with van der Waals surface area (Å²) < 4.78 is 15.3. The largest absolute Gasteiger partial charge is 0.465 e. The van der Waals surface area contributed by atoms with Crippen molar-refractivity contribution in [1.82, 2.24) is 0 Å². The lowest BCUT2D eigenvalue weighted by molar-refractivity contribution is -0.124. The summed E-state index contributed by atoms with van der Waals surface area (Å²) in [6, 6.07) is 12.5. The first-order valence-electron chi connectivity index (χ1n) is 8.50. The van der Waals surface area contributed by atoms with Gasteiger partial charge in [-0.15, -0.1) is 0 Å². The number of carbonyl (C=O) groups excluding carboxylic acids is 3. The minimum atomic E-state index is -0.575. The van der Waals surface area contributed by atoms with Crippen molar-refractivity contribution in [2.45, 2.75) is 18.9 Å². The number of benzene rings is 2. The highest BCUT2D eigenvalue weighted by atomic mass is 16.5. The molecule has 0 aliphatic carbocycles. The summed E-state index contributed by atoms with van der Waals surface area (Å²) in [4.78, 5) is 35.9. The number of amides is 1. The average Bonchev–Trinajstić information content (AvgIpc) is 3.23. The lowest BCUT2D eigenvalue weighted by Crippen LogP contribution is -2.26. The van der Waals surface area contributed by atoms with Crippen molar-refractivity contribution in [3.05, 3.63) is 59.7 Å². The quantitative estimate of drug-likeness (QED) is 0.644. The first-order valence-corrected chi connectivity index (χ1v) is 8.50. The normalized spacial score (nSPS) is 15.8. The summed E-state index contributed by atoms with van der Waals surface area (Å²) >= 11 is 0. The van der Waals surface area contributed by atoms with Crippen LogP contribution in [0.15, 0.2) is 48.5 Å². The molecule has 1 aliphatic heterocycles. The Balaban J connectivity index is 1.64. The molecule has 2 aromatic carbocycles. The number of rotatable bonds is 5. The van der Waals surface area contributed by atoms with Gasteiger partial charge in [0.2, 0.25) is 0 Å². The van der Waals surface area contributed by atoms with E-state index in [0.29, 0.717) is 30.0 Å². The van der Waals surface area contributed by atoms with E-state index in [0.717, 1.165) is 6.42 Å². The van der Waals surface area contributed by atoms with Crippen molar-refractivity contribution in [2.75, 3.05) is 19.0 Å². The molecule has 1 saturated heterocycles. The highest BCUT2D eigenvalue weighted by Gasteiger charge is 2.23. The number of nitrogens with one attached hydrogen (secondary N) is 1. The molecule has 1 fully saturated rings. The Bertz CT molecular complexity index is 840. The van der Waals surface area contributed by atoms with E-state index in [1.54, 1.807) is 18.2 Å². The van der Waals surface area contributed by atoms with Gasteiger partial charge in [-0.1, -0.05) is 6.07 Å². The maximum atomic E-state index is 12.3. The summed E-state index contributed by atoms with van der Waals surface area (Å²) in [5.41, 5.74) is 1.14. The van der Waals surface area contributed by atoms with Crippen molar-refractivity contribution in [3.63, 3.8) is 0 Å². The minimum absolute atomic E-state index is 0.226. The van der Waals surface area contributed by atoms with Crippen LogP contribution >= 0.6 is 0 Å². The molecular formula is C20H19NO6. The summed E-state index contributed by atoms with van der Waals surface area (Å²) in [7, 11) is 1.29. The Labute approximate surface area is 156 Å². The Morgan fingerprint density at radius 2 is 1.81 bits per heavy atom. The smallest absolute Gasteiger partial charge is 0.343 e. The van der Waals surface area contributed by atoms with Crippen LogP contribution < -0.4 is 10.1 Å². The number of carbonyl (C=O) groups is 3. The number of anilines is 1. The Hall–Kier alpha value is -3.19. The second kappa shape index (κ2) is 8.46. The molecule has 140 valence electrons. The maximum absolute atomic E-state index is 12.3. The molecule has 1 amide bonds. The molecule has 0 unspecified atom stereocenters. The molecule has 0 radical (unpaired) electrons. The number of hydrogen-bond donors (Lipinski definition) is 1. The molecule has 1 N–H and O–H groups in total. The van der Waals surface area contributed by atoms with Gasteiger partial charge in [0, 0.05) is 12.3 Å². The van der Waals surface area contributed by atoms with Gasteiger partial charge in [0.25, 0.3) is 5.91 Å². The van der Waals surface area contributed by atoms with E-state index in [-0.39, 0.29) is 11.5 Å². The second-order valence-corrected chi connectivity index (χ2v) is 5.98. The predicted octanol–water partition coefficient (Wildman–Crippen LogP) is 2.81. The van der Waals surface area contributed by atoms with Crippen LogP contribution in [0.5, 0.6) is 5.75 Å². The fraction of sp³-hybridized carbons (Fsp3) is 0.250. The SMILES string of the molecule is COC(=O)c1ccc(OC(=O)c2cccc(NC(=O)[C@H]3CCCO3)c2)cc1. The third-order valence-corrected chi connectivity index (χ3v) is 4.07. The standard InChI is InChI=1S/C20H19NO6/c1-25-19(23)13-7-9-16(10-8-13)27-20(24)14-4-2-5-15(12-14)21-18(22)17-6-3-11-26-17/h2,4-5,7-10,12,17H,3,6,11H2,1H3,(H,21,22)/t17-/m1/s1. The highest BCUT2D eigenvalue weighted by molar-refractivity contribution is 5.97. The Kier molecular flexibility index (Phi) is 5.83. The van der Waals surface area contributed by atoms with E-state index in [4.69, 9.17) is 9.47 Å². The molecular weight excluding hydrogens is 350 g/mol. The van der Waals surface area contributed by atoms with Gasteiger partial charge in [-0.3, -0.25) is 4.79 Å². The molecule has 1 heterocycles. The first kappa shape index (κ1) is 18.6. The van der Waals surface area contributed by atoms with Gasteiger partial charge in [0.15, 0.2) is 0 Å². The van der Waals surface area contributed by atoms with E-state index in [9.17, 15) is 14.4 Å². The molecule has 0 bridgehead atoms. The van der Waals surface area contributed by atoms with Gasteiger partial charge >= 0.3 is 11.9 Å². The first-order chi connectivity index (χ1) is 13.1. The fourth-order valence-electron chi connectivity index (χ4n) is 2.67. The van der Waals surface area contributed by atoms with Crippen molar-refractivity contribution >= 4 is 23.5 Å². The Morgan fingerprint density at radius 3 is 2.48 bits per heavy atom. The molecule has 0 saturated carbocycles. The number of methoxy groups -OCH3 is 1. The van der Waals surface area contributed by atoms with Crippen LogP contribution in [0.2, 0.25) is 0 Å². The van der Waals surface area contributed by atoms with E-state index >= 15 is 0 Å². The molecule has 1 atom stereocenters.